The fourth-order valence-electron chi connectivity index (χ4n) is 11.8. The van der Waals surface area contributed by atoms with E-state index in [4.69, 9.17) is 11.5 Å². The van der Waals surface area contributed by atoms with E-state index in [9.17, 15) is 57.4 Å². The second-order valence-corrected chi connectivity index (χ2v) is 26.6. The van der Waals surface area contributed by atoms with E-state index >= 15 is 14.4 Å². The maximum Gasteiger partial charge on any atom is 0.305 e. The first-order chi connectivity index (χ1) is 48.1. The molecule has 0 unspecified atom stereocenters. The Bertz CT molecular complexity index is 4100. The number of carbonyl (C=O) groups excluding carboxylic acids is 10. The monoisotopic (exact) mass is 1420 g/mol. The van der Waals surface area contributed by atoms with Crippen LogP contribution >= 0.6 is 23.5 Å². The number of carboxylic acid groups (broad SMARTS) is 1. The Kier molecular flexibility index (Phi) is 26.2. The van der Waals surface area contributed by atoms with Gasteiger partial charge >= 0.3 is 5.97 Å². The molecule has 2 aliphatic rings. The Labute approximate surface area is 580 Å². The number of rotatable bonds is 15. The van der Waals surface area contributed by atoms with E-state index in [2.05, 4.69) is 62.5 Å². The van der Waals surface area contributed by atoms with Crippen molar-refractivity contribution in [3.8, 4) is 5.75 Å². The zero-order valence-electron chi connectivity index (χ0n) is 54.2. The Morgan fingerprint density at radius 2 is 1.21 bits per heavy atom. The normalized spacial score (nSPS) is 22.1. The Morgan fingerprint density at radius 1 is 0.620 bits per heavy atom. The van der Waals surface area contributed by atoms with E-state index < -0.39 is 151 Å². The minimum Gasteiger partial charge on any atom is -0.508 e. The second-order valence-electron chi connectivity index (χ2n) is 24.4. The minimum atomic E-state index is -2.05. The van der Waals surface area contributed by atoms with Crippen molar-refractivity contribution in [1.82, 2.24) is 67.4 Å². The van der Waals surface area contributed by atoms with Gasteiger partial charge in [-0.1, -0.05) is 36.4 Å². The molecule has 0 radical (unpaired) electrons. The van der Waals surface area contributed by atoms with Gasteiger partial charge in [-0.25, -0.2) is 13.8 Å². The third-order valence-corrected chi connectivity index (χ3v) is 19.1. The molecule has 32 heteroatoms. The van der Waals surface area contributed by atoms with Crippen LogP contribution < -0.4 is 54.0 Å². The fourth-order valence-corrected chi connectivity index (χ4v) is 13.8. The molecule has 7 aromatic rings. The predicted molar refractivity (Wildman–Crippen MR) is 367 cm³/mol. The highest BCUT2D eigenvalue weighted by Gasteiger charge is 2.41. The highest BCUT2D eigenvalue weighted by Crippen LogP contribution is 2.26. The Morgan fingerprint density at radius 3 is 1.82 bits per heavy atom. The maximum absolute atomic E-state index is 15.0. The molecule has 8 atom stereocenters. The molecule has 0 spiro atoms. The number of nitrogens with zero attached hydrogens (tertiary/aromatic N) is 2. The van der Waals surface area contributed by atoms with Gasteiger partial charge in [0, 0.05) is 102 Å². The third kappa shape index (κ3) is 20.9. The number of nitrogens with one attached hydrogen (secondary N) is 11. The summed E-state index contributed by atoms with van der Waals surface area (Å²) < 4.78 is 29.8. The van der Waals surface area contributed by atoms with Crippen LogP contribution in [0.1, 0.15) is 78.5 Å². The number of benzene rings is 4. The van der Waals surface area contributed by atoms with E-state index in [1.54, 1.807) is 0 Å². The standard InChI is InChI=1S/C68H79F2N15O13S2/c69-42-11-15-48-46(25-42)40(29-74-48)23-51-63(93)80-52(24-41-30-75-49-16-12-43(70)26-47(41)49)64(94)82-54(28-60(89)90)66(96)81-53(27-44-31-73-36-77-44)65(95)83-55(22-37-9-13-45(86)14-10-37)68(98)85-19-4-8-57(85)67(97)84-56(61(72)91)35-100-34-39-6-3-5-38(21-39)33-99-20-17-58(87)78-50(7-1-2-18-71)62(92)76-32-59(88)79-51/h3,5-6,9-16,21,25-26,29-31,36,50-57,74-75,86H,1-2,4,7-8,17-20,22-24,27-28,32-35,71H2,(H2,72,91)(H,73,77)(H,76,92)(H,78,87)(H,79,88)(H,80,93)(H,81,96)(H,82,94)(H,83,95)(H,84,97)(H,89,90)/t50-,51-,52-,53-,54-,55-,56-,57+/m0/s1. The molecule has 530 valence electrons. The smallest absolute Gasteiger partial charge is 0.305 e. The van der Waals surface area contributed by atoms with Gasteiger partial charge in [-0.3, -0.25) is 52.7 Å². The van der Waals surface area contributed by atoms with Gasteiger partial charge in [0.1, 0.15) is 65.7 Å². The van der Waals surface area contributed by atoms with E-state index in [1.807, 2.05) is 24.3 Å². The SMILES string of the molecule is NCCCC[C@@H]1NC(=O)CCSCc2cccc(c2)CSC[C@@H](C(N)=O)NC(=O)[C@H]2CCCN2C(=O)[C@H](Cc2ccc(O)cc2)NC(=O)[C@H](Cc2c[nH]cn2)NC(=O)[C@H](CC(=O)O)NC(=O)[C@H](Cc2c[nH]c3ccc(F)cc23)NC(=O)[C@H](Cc2c[nH]c3ccc(F)cc23)NC(=O)CNC1=O. The second kappa shape index (κ2) is 35.4. The average Bonchev–Trinajstić information content (AvgIpc) is 1.64. The number of phenols is 1. The number of hydrogen-bond acceptors (Lipinski definition) is 16. The van der Waals surface area contributed by atoms with Crippen LogP contribution in [0.5, 0.6) is 5.75 Å². The Hall–Kier alpha value is -10.3. The van der Waals surface area contributed by atoms with Gasteiger partial charge in [0.2, 0.25) is 59.1 Å². The van der Waals surface area contributed by atoms with E-state index in [1.165, 1.54) is 108 Å². The zero-order valence-corrected chi connectivity index (χ0v) is 55.9. The van der Waals surface area contributed by atoms with Gasteiger partial charge in [-0.15, -0.1) is 0 Å². The third-order valence-electron chi connectivity index (χ3n) is 17.0. The average molecular weight is 1420 g/mol. The molecule has 17 N–H and O–H groups in total. The minimum absolute atomic E-state index is 0.0104. The number of H-pyrrole nitrogens is 3. The van der Waals surface area contributed by atoms with Crippen LogP contribution in [0, 0.1) is 11.6 Å². The summed E-state index contributed by atoms with van der Waals surface area (Å²) in [5.41, 5.74) is 15.5. The summed E-state index contributed by atoms with van der Waals surface area (Å²) in [6, 6.07) is 8.85. The molecule has 0 aliphatic carbocycles. The van der Waals surface area contributed by atoms with Crippen molar-refractivity contribution < 1.29 is 71.7 Å². The summed E-state index contributed by atoms with van der Waals surface area (Å²) in [4.78, 5) is 170. The van der Waals surface area contributed by atoms with Gasteiger partial charge < -0.3 is 84.1 Å². The molecule has 0 saturated carbocycles. The lowest BCUT2D eigenvalue weighted by Crippen LogP contribution is -2.61. The number of halogens is 2. The van der Waals surface area contributed by atoms with Crippen molar-refractivity contribution in [3.63, 3.8) is 0 Å². The van der Waals surface area contributed by atoms with Crippen molar-refractivity contribution in [2.75, 3.05) is 31.1 Å². The zero-order chi connectivity index (χ0) is 71.4. The largest absolute Gasteiger partial charge is 0.508 e. The van der Waals surface area contributed by atoms with E-state index in [0.29, 0.717) is 70.6 Å². The number of carboxylic acids is 1. The van der Waals surface area contributed by atoms with Crippen LogP contribution in [0.3, 0.4) is 0 Å². The fraction of sp³-hybridized carbons (Fsp3) is 0.382. The number of unbranched alkanes of at least 4 members (excludes halogenated alkanes) is 1. The summed E-state index contributed by atoms with van der Waals surface area (Å²) in [6.07, 6.45) is 4.56. The van der Waals surface area contributed by atoms with E-state index in [0.717, 1.165) is 17.2 Å². The lowest BCUT2D eigenvalue weighted by Gasteiger charge is -2.31. The summed E-state index contributed by atoms with van der Waals surface area (Å²) in [7, 11) is 0. The van der Waals surface area contributed by atoms with Crippen molar-refractivity contribution in [2.45, 2.75) is 130 Å². The molecule has 1 fully saturated rings. The first-order valence-electron chi connectivity index (χ1n) is 32.5. The predicted octanol–water partition coefficient (Wildman–Crippen LogP) is 1.79. The van der Waals surface area contributed by atoms with Crippen molar-refractivity contribution in [2.24, 2.45) is 11.5 Å². The molecule has 2 bridgehead atoms. The summed E-state index contributed by atoms with van der Waals surface area (Å²) in [5, 5.41) is 42.0. The van der Waals surface area contributed by atoms with Crippen LogP contribution in [0.15, 0.2) is 110 Å². The first kappa shape index (κ1) is 73.9. The van der Waals surface area contributed by atoms with Crippen LogP contribution in [0.25, 0.3) is 21.8 Å². The highest BCUT2D eigenvalue weighted by atomic mass is 32.2. The van der Waals surface area contributed by atoms with E-state index in [-0.39, 0.29) is 66.8 Å². The highest BCUT2D eigenvalue weighted by molar-refractivity contribution is 7.98. The molecular weight excluding hydrogens is 1340 g/mol. The summed E-state index contributed by atoms with van der Waals surface area (Å²) in [6.45, 7) is -0.410. The van der Waals surface area contributed by atoms with Gasteiger partial charge in [0.25, 0.3) is 0 Å². The number of hydrogen-bond donors (Lipinski definition) is 15. The number of aromatic nitrogens is 4. The molecular formula is C68H79F2N15O13S2. The molecule has 4 aromatic carbocycles. The van der Waals surface area contributed by atoms with Crippen molar-refractivity contribution in [1.29, 1.82) is 0 Å². The number of primary amides is 1. The van der Waals surface area contributed by atoms with Gasteiger partial charge in [-0.2, -0.15) is 23.5 Å². The number of aromatic amines is 3. The molecule has 2 aliphatic heterocycles. The molecule has 5 heterocycles. The number of aromatic hydroxyl groups is 1. The lowest BCUT2D eigenvalue weighted by atomic mass is 10.0. The number of amides is 10. The van der Waals surface area contributed by atoms with Crippen LogP contribution in [0.2, 0.25) is 0 Å². The van der Waals surface area contributed by atoms with Crippen LogP contribution in [-0.2, 0) is 89.9 Å². The number of carbonyl (C=O) groups is 11. The summed E-state index contributed by atoms with van der Waals surface area (Å²) >= 11 is 2.79. The number of aliphatic carboxylic acids is 1. The Balaban J connectivity index is 1.05. The number of phenolic OH excluding ortho intramolecular Hbond substituents is 1. The number of imidazole rings is 1. The quantitative estimate of drug-likeness (QED) is 0.0651. The first-order valence-corrected chi connectivity index (χ1v) is 34.8. The number of thioether (sulfide) groups is 2. The van der Waals surface area contributed by atoms with Gasteiger partial charge in [0.05, 0.1) is 25.0 Å². The molecule has 1 saturated heterocycles. The van der Waals surface area contributed by atoms with Crippen LogP contribution in [-0.4, -0.2) is 180 Å². The number of nitrogens with two attached hydrogens (primary N) is 2. The molecule has 10 amide bonds. The van der Waals surface area contributed by atoms with Crippen LogP contribution in [0.4, 0.5) is 8.78 Å². The molecule has 28 nitrogen and oxygen atoms in total. The van der Waals surface area contributed by atoms with Gasteiger partial charge in [-0.05, 0) is 115 Å². The number of fused-ring (bicyclic) bond motifs is 5. The maximum atomic E-state index is 15.0. The van der Waals surface area contributed by atoms with Crippen molar-refractivity contribution in [3.05, 3.63) is 155 Å². The molecule has 3 aromatic heterocycles. The summed E-state index contributed by atoms with van der Waals surface area (Å²) in [5.74, 6) is -10.6. The topological polar surface area (TPSA) is 440 Å². The lowest BCUT2D eigenvalue weighted by molar-refractivity contribution is -0.143. The van der Waals surface area contributed by atoms with Crippen molar-refractivity contribution >= 4 is 110 Å². The molecule has 9 rings (SSSR count). The molecule has 100 heavy (non-hydrogen) atoms. The van der Waals surface area contributed by atoms with Gasteiger partial charge in [0.15, 0.2) is 0 Å².